The summed E-state index contributed by atoms with van der Waals surface area (Å²) in [5, 5.41) is 23.5. The van der Waals surface area contributed by atoms with Gasteiger partial charge < -0.3 is 20.4 Å². The van der Waals surface area contributed by atoms with Gasteiger partial charge in [-0.3, -0.25) is 19.5 Å². The topological polar surface area (TPSA) is 119 Å². The molecule has 0 aromatic carbocycles. The molecule has 3 rings (SSSR count). The molecular weight excluding hydrogens is 502 g/mol. The van der Waals surface area contributed by atoms with Crippen molar-refractivity contribution in [3.63, 3.8) is 0 Å². The summed E-state index contributed by atoms with van der Waals surface area (Å²) in [6.07, 6.45) is 0.997. The minimum atomic E-state index is -0.829. The number of β-amino-alcohol motifs (C(OH)–C–C–N with tert-alkyl or cyclic N) is 1. The number of nitrogens with zero attached hydrogens (tertiary/aromatic N) is 4. The van der Waals surface area contributed by atoms with Crippen LogP contribution in [-0.4, -0.2) is 85.2 Å². The van der Waals surface area contributed by atoms with Crippen LogP contribution in [0.1, 0.15) is 72.2 Å². The molecule has 210 valence electrons. The zero-order chi connectivity index (χ0) is 28.4. The van der Waals surface area contributed by atoms with Crippen LogP contribution < -0.4 is 5.32 Å². The number of aliphatic hydroxyl groups excluding tert-OH is 2. The number of aromatic nitrogens is 2. The van der Waals surface area contributed by atoms with Crippen molar-refractivity contribution in [3.8, 4) is 10.6 Å². The molecule has 38 heavy (non-hydrogen) atoms. The summed E-state index contributed by atoms with van der Waals surface area (Å²) in [6.45, 7) is 16.0. The van der Waals surface area contributed by atoms with E-state index in [1.54, 1.807) is 11.7 Å². The zero-order valence-corrected chi connectivity index (χ0v) is 24.6. The van der Waals surface area contributed by atoms with Gasteiger partial charge in [0.2, 0.25) is 11.8 Å². The molecule has 9 nitrogen and oxygen atoms in total. The lowest BCUT2D eigenvalue weighted by Crippen LogP contribution is -2.61. The molecule has 10 heteroatoms. The predicted molar refractivity (Wildman–Crippen MR) is 150 cm³/mol. The van der Waals surface area contributed by atoms with E-state index in [9.17, 15) is 19.8 Å². The number of nitrogens with one attached hydrogen (secondary N) is 1. The third-order valence-electron chi connectivity index (χ3n) is 7.08. The number of rotatable bonds is 9. The van der Waals surface area contributed by atoms with Crippen molar-refractivity contribution in [2.45, 2.75) is 98.1 Å². The number of likely N-dealkylation sites (tertiary alicyclic amines) is 1. The van der Waals surface area contributed by atoms with E-state index >= 15 is 0 Å². The van der Waals surface area contributed by atoms with Gasteiger partial charge in [0.25, 0.3) is 0 Å². The van der Waals surface area contributed by atoms with E-state index in [1.807, 2.05) is 39.8 Å². The van der Waals surface area contributed by atoms with E-state index in [0.29, 0.717) is 5.56 Å². The van der Waals surface area contributed by atoms with E-state index in [2.05, 4.69) is 47.9 Å². The average molecular weight is 546 g/mol. The molecular formula is C28H43N5O4S. The summed E-state index contributed by atoms with van der Waals surface area (Å²) in [5.41, 5.74) is 3.71. The Bertz CT molecular complexity index is 1090. The SMILES string of the molecule is Cc1ncsc1-c1ccc([C@H](CO)NC(=O)[C@@H]2C[C@@H](O)CN2C(=O)[C@@H](N(C(C)C)C(C)C)C(C)(C)C)cn1. The molecule has 2 amide bonds. The number of hydrogen-bond donors (Lipinski definition) is 3. The van der Waals surface area contributed by atoms with Crippen LogP contribution in [0.15, 0.2) is 23.8 Å². The van der Waals surface area contributed by atoms with Crippen molar-refractivity contribution >= 4 is 23.2 Å². The molecule has 0 spiro atoms. The molecule has 0 aliphatic carbocycles. The van der Waals surface area contributed by atoms with Gasteiger partial charge in [-0.1, -0.05) is 26.8 Å². The minimum absolute atomic E-state index is 0.0990. The maximum atomic E-state index is 14.0. The van der Waals surface area contributed by atoms with E-state index < -0.39 is 35.6 Å². The fourth-order valence-corrected chi connectivity index (χ4v) is 6.18. The fourth-order valence-electron chi connectivity index (χ4n) is 5.40. The Morgan fingerprint density at radius 1 is 1.18 bits per heavy atom. The first-order valence-corrected chi connectivity index (χ1v) is 14.2. The number of aryl methyl sites for hydroxylation is 1. The molecule has 0 bridgehead atoms. The Hall–Kier alpha value is -2.40. The first-order valence-electron chi connectivity index (χ1n) is 13.3. The van der Waals surface area contributed by atoms with E-state index in [1.165, 1.54) is 16.2 Å². The van der Waals surface area contributed by atoms with Crippen LogP contribution in [0, 0.1) is 12.3 Å². The van der Waals surface area contributed by atoms with Gasteiger partial charge in [0.05, 0.1) is 46.6 Å². The van der Waals surface area contributed by atoms with Crippen LogP contribution in [0.25, 0.3) is 10.6 Å². The maximum absolute atomic E-state index is 14.0. The van der Waals surface area contributed by atoms with Crippen LogP contribution in [0.2, 0.25) is 0 Å². The summed E-state index contributed by atoms with van der Waals surface area (Å²) in [5.74, 6) is -0.562. The lowest BCUT2D eigenvalue weighted by molar-refractivity contribution is -0.148. The fraction of sp³-hybridized carbons (Fsp3) is 0.643. The number of pyridine rings is 1. The Balaban J connectivity index is 1.82. The molecule has 1 saturated heterocycles. The quantitative estimate of drug-likeness (QED) is 0.443. The Kier molecular flexibility index (Phi) is 9.67. The molecule has 0 saturated carbocycles. The molecule has 0 radical (unpaired) electrons. The van der Waals surface area contributed by atoms with E-state index in [4.69, 9.17) is 0 Å². The van der Waals surface area contributed by atoms with Crippen LogP contribution >= 0.6 is 11.3 Å². The molecule has 4 atom stereocenters. The van der Waals surface area contributed by atoms with Crippen LogP contribution in [0.5, 0.6) is 0 Å². The molecule has 3 N–H and O–H groups in total. The lowest BCUT2D eigenvalue weighted by atomic mass is 9.83. The summed E-state index contributed by atoms with van der Waals surface area (Å²) in [7, 11) is 0. The molecule has 1 aliphatic heterocycles. The third kappa shape index (κ3) is 6.59. The molecule has 0 unspecified atom stereocenters. The van der Waals surface area contributed by atoms with Crippen molar-refractivity contribution in [1.82, 2.24) is 25.1 Å². The second-order valence-corrected chi connectivity index (χ2v) is 12.6. The summed E-state index contributed by atoms with van der Waals surface area (Å²) < 4.78 is 0. The van der Waals surface area contributed by atoms with Crippen molar-refractivity contribution in [2.24, 2.45) is 5.41 Å². The highest BCUT2D eigenvalue weighted by Crippen LogP contribution is 2.32. The summed E-state index contributed by atoms with van der Waals surface area (Å²) in [6, 6.07) is 1.92. The predicted octanol–water partition coefficient (Wildman–Crippen LogP) is 3.16. The van der Waals surface area contributed by atoms with Gasteiger partial charge in [-0.15, -0.1) is 11.3 Å². The first kappa shape index (κ1) is 30.1. The average Bonchev–Trinajstić information content (AvgIpc) is 3.44. The third-order valence-corrected chi connectivity index (χ3v) is 8.03. The number of carbonyl (C=O) groups is 2. The second kappa shape index (κ2) is 12.2. The van der Waals surface area contributed by atoms with Gasteiger partial charge in [0.1, 0.15) is 6.04 Å². The molecule has 1 fully saturated rings. The summed E-state index contributed by atoms with van der Waals surface area (Å²) in [4.78, 5) is 41.0. The van der Waals surface area contributed by atoms with Gasteiger partial charge in [-0.25, -0.2) is 4.98 Å². The number of aliphatic hydroxyl groups is 2. The standard InChI is InChI=1S/C28H43N5O4S/c1-16(2)33(17(3)4)25(28(6,7)8)27(37)32-13-20(35)11-23(32)26(36)31-22(14-34)19-9-10-21(29-12-19)24-18(5)30-15-38-24/h9-10,12,15-17,20,22-23,25,34-35H,11,13-14H2,1-8H3,(H,31,36)/t20-,22+,23+,25-/m1/s1. The Morgan fingerprint density at radius 3 is 2.32 bits per heavy atom. The van der Waals surface area contributed by atoms with E-state index in [-0.39, 0.29) is 37.6 Å². The summed E-state index contributed by atoms with van der Waals surface area (Å²) >= 11 is 1.51. The highest BCUT2D eigenvalue weighted by atomic mass is 32.1. The number of hydrogen-bond acceptors (Lipinski definition) is 8. The highest BCUT2D eigenvalue weighted by Gasteiger charge is 2.47. The van der Waals surface area contributed by atoms with Gasteiger partial charge >= 0.3 is 0 Å². The van der Waals surface area contributed by atoms with Gasteiger partial charge in [-0.2, -0.15) is 0 Å². The van der Waals surface area contributed by atoms with Crippen molar-refractivity contribution in [2.75, 3.05) is 13.2 Å². The molecule has 1 aliphatic rings. The van der Waals surface area contributed by atoms with Gasteiger partial charge in [0.15, 0.2) is 0 Å². The first-order chi connectivity index (χ1) is 17.8. The van der Waals surface area contributed by atoms with Crippen LogP contribution in [0.4, 0.5) is 0 Å². The largest absolute Gasteiger partial charge is 0.394 e. The lowest BCUT2D eigenvalue weighted by Gasteiger charge is -2.45. The molecule has 3 heterocycles. The van der Waals surface area contributed by atoms with Crippen molar-refractivity contribution in [3.05, 3.63) is 35.1 Å². The smallest absolute Gasteiger partial charge is 0.243 e. The van der Waals surface area contributed by atoms with Gasteiger partial charge in [0, 0.05) is 31.2 Å². The monoisotopic (exact) mass is 545 g/mol. The molecule has 2 aromatic rings. The van der Waals surface area contributed by atoms with Crippen molar-refractivity contribution < 1.29 is 19.8 Å². The number of thiazole rings is 1. The van der Waals surface area contributed by atoms with Crippen LogP contribution in [0.3, 0.4) is 0 Å². The Morgan fingerprint density at radius 2 is 1.84 bits per heavy atom. The minimum Gasteiger partial charge on any atom is -0.394 e. The van der Waals surface area contributed by atoms with Crippen molar-refractivity contribution in [1.29, 1.82) is 0 Å². The normalized spacial score (nSPS) is 19.9. The number of carbonyl (C=O) groups excluding carboxylic acids is 2. The maximum Gasteiger partial charge on any atom is 0.243 e. The van der Waals surface area contributed by atoms with E-state index in [0.717, 1.165) is 16.3 Å². The zero-order valence-electron chi connectivity index (χ0n) is 23.8. The van der Waals surface area contributed by atoms with Crippen LogP contribution in [-0.2, 0) is 9.59 Å². The second-order valence-electron chi connectivity index (χ2n) is 11.8. The Labute approximate surface area is 230 Å². The molecule has 2 aromatic heterocycles. The number of amides is 2. The highest BCUT2D eigenvalue weighted by molar-refractivity contribution is 7.13. The van der Waals surface area contributed by atoms with Gasteiger partial charge in [-0.05, 0) is 51.7 Å².